The molecule has 0 amide bonds. The fourth-order valence-electron chi connectivity index (χ4n) is 0.800. The Kier molecular flexibility index (Phi) is 2.60. The van der Waals surface area contributed by atoms with Crippen molar-refractivity contribution in [2.24, 2.45) is 0 Å². The number of nitro groups is 1. The summed E-state index contributed by atoms with van der Waals surface area (Å²) in [6.07, 6.45) is 2.25. The summed E-state index contributed by atoms with van der Waals surface area (Å²) >= 11 is 5.50. The Bertz CT molecular complexity index is 314. The summed E-state index contributed by atoms with van der Waals surface area (Å²) in [7, 11) is 0. The molecule has 0 saturated heterocycles. The van der Waals surface area contributed by atoms with Crippen LogP contribution in [-0.4, -0.2) is 9.91 Å². The molecule has 1 heterocycles. The summed E-state index contributed by atoms with van der Waals surface area (Å²) < 4.78 is 0. The third-order valence-electron chi connectivity index (χ3n) is 1.48. The molecule has 5 heteroatoms. The van der Waals surface area contributed by atoms with Gasteiger partial charge in [-0.25, -0.2) is 4.98 Å². The van der Waals surface area contributed by atoms with Crippen molar-refractivity contribution in [3.63, 3.8) is 0 Å². The van der Waals surface area contributed by atoms with E-state index in [0.717, 1.165) is 5.56 Å². The van der Waals surface area contributed by atoms with Gasteiger partial charge in [-0.3, -0.25) is 10.1 Å². The van der Waals surface area contributed by atoms with Crippen molar-refractivity contribution in [3.8, 4) is 0 Å². The predicted molar refractivity (Wildman–Crippen MR) is 45.3 cm³/mol. The van der Waals surface area contributed by atoms with Crippen LogP contribution in [0.3, 0.4) is 0 Å². The number of aryl methyl sites for hydroxylation is 1. The fraction of sp³-hybridized carbons (Fsp3) is 0.286. The Morgan fingerprint density at radius 2 is 2.42 bits per heavy atom. The zero-order valence-corrected chi connectivity index (χ0v) is 7.21. The van der Waals surface area contributed by atoms with E-state index in [1.165, 1.54) is 12.3 Å². The second-order valence-electron chi connectivity index (χ2n) is 2.26. The van der Waals surface area contributed by atoms with Crippen molar-refractivity contribution < 1.29 is 4.92 Å². The van der Waals surface area contributed by atoms with E-state index in [9.17, 15) is 10.1 Å². The quantitative estimate of drug-likeness (QED) is 0.404. The predicted octanol–water partition coefficient (Wildman–Crippen LogP) is 2.21. The average Bonchev–Trinajstić information content (AvgIpc) is 2.05. The van der Waals surface area contributed by atoms with Gasteiger partial charge in [0.1, 0.15) is 0 Å². The van der Waals surface area contributed by atoms with Gasteiger partial charge in [0, 0.05) is 12.3 Å². The van der Waals surface area contributed by atoms with Gasteiger partial charge >= 0.3 is 5.69 Å². The molecule has 0 aromatic carbocycles. The molecule has 0 N–H and O–H groups in total. The topological polar surface area (TPSA) is 56.0 Å². The molecule has 0 aliphatic rings. The van der Waals surface area contributed by atoms with Crippen LogP contribution in [0.15, 0.2) is 12.3 Å². The highest BCUT2D eigenvalue weighted by Crippen LogP contribution is 2.22. The van der Waals surface area contributed by atoms with Gasteiger partial charge in [-0.05, 0) is 12.0 Å². The Morgan fingerprint density at radius 3 is 2.92 bits per heavy atom. The van der Waals surface area contributed by atoms with Crippen LogP contribution < -0.4 is 0 Å². The van der Waals surface area contributed by atoms with Crippen molar-refractivity contribution in [1.29, 1.82) is 0 Å². The lowest BCUT2D eigenvalue weighted by molar-refractivity contribution is -0.385. The molecule has 0 radical (unpaired) electrons. The largest absolute Gasteiger partial charge is 0.306 e. The molecule has 12 heavy (non-hydrogen) atoms. The lowest BCUT2D eigenvalue weighted by Crippen LogP contribution is -1.93. The molecule has 0 saturated carbocycles. The van der Waals surface area contributed by atoms with Gasteiger partial charge in [0.15, 0.2) is 0 Å². The molecular formula is C7H7ClN2O2. The van der Waals surface area contributed by atoms with E-state index in [1.807, 2.05) is 6.92 Å². The summed E-state index contributed by atoms with van der Waals surface area (Å²) in [6.45, 7) is 1.90. The molecule has 0 aliphatic carbocycles. The Labute approximate surface area is 74.3 Å². The normalized spacial score (nSPS) is 9.83. The maximum Gasteiger partial charge on any atom is 0.306 e. The Hall–Kier alpha value is -1.16. The van der Waals surface area contributed by atoms with Crippen LogP contribution in [-0.2, 0) is 6.42 Å². The van der Waals surface area contributed by atoms with E-state index in [0.29, 0.717) is 6.42 Å². The number of pyridine rings is 1. The van der Waals surface area contributed by atoms with Gasteiger partial charge in [-0.15, -0.1) is 0 Å². The first-order valence-corrected chi connectivity index (χ1v) is 3.81. The SMILES string of the molecule is CCc1cnc(Cl)c([N+](=O)[O-])c1. The summed E-state index contributed by atoms with van der Waals surface area (Å²) in [5, 5.41) is 10.3. The van der Waals surface area contributed by atoms with Crippen LogP contribution in [0.2, 0.25) is 5.15 Å². The Balaban J connectivity index is 3.17. The van der Waals surface area contributed by atoms with Gasteiger partial charge in [0.05, 0.1) is 4.92 Å². The van der Waals surface area contributed by atoms with Crippen LogP contribution in [0.25, 0.3) is 0 Å². The number of rotatable bonds is 2. The van der Waals surface area contributed by atoms with Gasteiger partial charge < -0.3 is 0 Å². The monoisotopic (exact) mass is 186 g/mol. The average molecular weight is 187 g/mol. The molecule has 0 aliphatic heterocycles. The molecule has 1 aromatic heterocycles. The van der Waals surface area contributed by atoms with E-state index in [-0.39, 0.29) is 10.8 Å². The molecule has 64 valence electrons. The first kappa shape index (κ1) is 8.93. The van der Waals surface area contributed by atoms with Gasteiger partial charge in [-0.2, -0.15) is 0 Å². The summed E-state index contributed by atoms with van der Waals surface area (Å²) in [4.78, 5) is 13.5. The zero-order valence-electron chi connectivity index (χ0n) is 6.45. The molecule has 4 nitrogen and oxygen atoms in total. The third kappa shape index (κ3) is 1.71. The zero-order chi connectivity index (χ0) is 9.14. The van der Waals surface area contributed by atoms with Crippen molar-refractivity contribution in [1.82, 2.24) is 4.98 Å². The summed E-state index contributed by atoms with van der Waals surface area (Å²) in [6, 6.07) is 1.44. The van der Waals surface area contributed by atoms with Crippen molar-refractivity contribution >= 4 is 17.3 Å². The second kappa shape index (κ2) is 3.49. The highest BCUT2D eigenvalue weighted by Gasteiger charge is 2.13. The maximum atomic E-state index is 10.4. The number of nitrogens with zero attached hydrogens (tertiary/aromatic N) is 2. The lowest BCUT2D eigenvalue weighted by Gasteiger charge is -1.96. The van der Waals surface area contributed by atoms with Gasteiger partial charge in [0.2, 0.25) is 5.15 Å². The standard InChI is InChI=1S/C7H7ClN2O2/c1-2-5-3-6(10(11)12)7(8)9-4-5/h3-4H,2H2,1H3. The smallest absolute Gasteiger partial charge is 0.258 e. The highest BCUT2D eigenvalue weighted by molar-refractivity contribution is 6.31. The van der Waals surface area contributed by atoms with Crippen LogP contribution in [0.5, 0.6) is 0 Å². The third-order valence-corrected chi connectivity index (χ3v) is 1.77. The fourth-order valence-corrected chi connectivity index (χ4v) is 0.972. The molecule has 1 aromatic rings. The first-order chi connectivity index (χ1) is 5.65. The van der Waals surface area contributed by atoms with Crippen LogP contribution in [0, 0.1) is 10.1 Å². The van der Waals surface area contributed by atoms with E-state index < -0.39 is 4.92 Å². The van der Waals surface area contributed by atoms with Crippen molar-refractivity contribution in [2.75, 3.05) is 0 Å². The van der Waals surface area contributed by atoms with Gasteiger partial charge in [-0.1, -0.05) is 18.5 Å². The van der Waals surface area contributed by atoms with Gasteiger partial charge in [0.25, 0.3) is 0 Å². The lowest BCUT2D eigenvalue weighted by atomic mass is 10.2. The number of hydrogen-bond acceptors (Lipinski definition) is 3. The molecular weight excluding hydrogens is 180 g/mol. The Morgan fingerprint density at radius 1 is 1.75 bits per heavy atom. The van der Waals surface area contributed by atoms with Crippen LogP contribution in [0.4, 0.5) is 5.69 Å². The van der Waals surface area contributed by atoms with Crippen LogP contribution >= 0.6 is 11.6 Å². The summed E-state index contributed by atoms with van der Waals surface area (Å²) in [5.74, 6) is 0. The molecule has 0 fully saturated rings. The maximum absolute atomic E-state index is 10.4. The second-order valence-corrected chi connectivity index (χ2v) is 2.62. The highest BCUT2D eigenvalue weighted by atomic mass is 35.5. The molecule has 0 spiro atoms. The van der Waals surface area contributed by atoms with E-state index in [2.05, 4.69) is 4.98 Å². The molecule has 1 rings (SSSR count). The minimum Gasteiger partial charge on any atom is -0.258 e. The van der Waals surface area contributed by atoms with E-state index in [1.54, 1.807) is 0 Å². The number of hydrogen-bond donors (Lipinski definition) is 0. The first-order valence-electron chi connectivity index (χ1n) is 3.44. The minimum absolute atomic E-state index is 0.0581. The molecule has 0 atom stereocenters. The molecule has 0 unspecified atom stereocenters. The minimum atomic E-state index is -0.533. The van der Waals surface area contributed by atoms with E-state index >= 15 is 0 Å². The number of halogens is 1. The van der Waals surface area contributed by atoms with Crippen molar-refractivity contribution in [3.05, 3.63) is 33.1 Å². The van der Waals surface area contributed by atoms with Crippen LogP contribution in [0.1, 0.15) is 12.5 Å². The number of aromatic nitrogens is 1. The summed E-state index contributed by atoms with van der Waals surface area (Å²) in [5.41, 5.74) is 0.683. The van der Waals surface area contributed by atoms with E-state index in [4.69, 9.17) is 11.6 Å². The molecule has 0 bridgehead atoms. The van der Waals surface area contributed by atoms with Crippen molar-refractivity contribution in [2.45, 2.75) is 13.3 Å².